The SMILES string of the molecule is C=CCNC(c1ccccc1)C(O)C(=O)OCC. The fourth-order valence-electron chi connectivity index (χ4n) is 1.65. The Morgan fingerprint density at radius 2 is 2.17 bits per heavy atom. The molecule has 1 aromatic carbocycles. The van der Waals surface area contributed by atoms with Crippen LogP contribution in [0.3, 0.4) is 0 Å². The number of benzene rings is 1. The molecular weight excluding hydrogens is 230 g/mol. The lowest BCUT2D eigenvalue weighted by Crippen LogP contribution is -2.38. The van der Waals surface area contributed by atoms with Gasteiger partial charge in [0.05, 0.1) is 12.6 Å². The highest BCUT2D eigenvalue weighted by atomic mass is 16.5. The Morgan fingerprint density at radius 3 is 2.72 bits per heavy atom. The summed E-state index contributed by atoms with van der Waals surface area (Å²) in [5, 5.41) is 13.1. The number of carbonyl (C=O) groups excluding carboxylic acids is 1. The molecule has 0 aliphatic heterocycles. The fraction of sp³-hybridized carbons (Fsp3) is 0.357. The topological polar surface area (TPSA) is 58.6 Å². The number of aliphatic hydroxyl groups excluding tert-OH is 1. The predicted molar refractivity (Wildman–Crippen MR) is 70.0 cm³/mol. The van der Waals surface area contributed by atoms with E-state index in [0.29, 0.717) is 6.54 Å². The molecule has 0 spiro atoms. The Morgan fingerprint density at radius 1 is 1.50 bits per heavy atom. The van der Waals surface area contributed by atoms with Gasteiger partial charge in [-0.25, -0.2) is 4.79 Å². The smallest absolute Gasteiger partial charge is 0.336 e. The predicted octanol–water partition coefficient (Wildman–Crippen LogP) is 1.43. The molecule has 4 nitrogen and oxygen atoms in total. The summed E-state index contributed by atoms with van der Waals surface area (Å²) in [5.41, 5.74) is 0.833. The average molecular weight is 249 g/mol. The van der Waals surface area contributed by atoms with Crippen molar-refractivity contribution in [1.29, 1.82) is 0 Å². The maximum absolute atomic E-state index is 11.6. The lowest BCUT2D eigenvalue weighted by molar-refractivity contribution is -0.154. The highest BCUT2D eigenvalue weighted by Gasteiger charge is 2.27. The number of aliphatic hydroxyl groups is 1. The van der Waals surface area contributed by atoms with Gasteiger partial charge in [-0.05, 0) is 12.5 Å². The number of ether oxygens (including phenoxy) is 1. The molecule has 0 saturated carbocycles. The summed E-state index contributed by atoms with van der Waals surface area (Å²) in [7, 11) is 0. The zero-order valence-electron chi connectivity index (χ0n) is 10.5. The van der Waals surface area contributed by atoms with Crippen molar-refractivity contribution in [3.05, 3.63) is 48.6 Å². The molecule has 2 N–H and O–H groups in total. The third-order valence-electron chi connectivity index (χ3n) is 2.48. The van der Waals surface area contributed by atoms with E-state index in [0.717, 1.165) is 5.56 Å². The van der Waals surface area contributed by atoms with Crippen LogP contribution in [0.2, 0.25) is 0 Å². The van der Waals surface area contributed by atoms with Crippen LogP contribution in [0, 0.1) is 0 Å². The Bertz CT molecular complexity index is 378. The molecule has 98 valence electrons. The van der Waals surface area contributed by atoms with Gasteiger partial charge in [0, 0.05) is 6.54 Å². The fourth-order valence-corrected chi connectivity index (χ4v) is 1.65. The molecule has 0 aromatic heterocycles. The van der Waals surface area contributed by atoms with Gasteiger partial charge < -0.3 is 15.2 Å². The van der Waals surface area contributed by atoms with Gasteiger partial charge in [0.15, 0.2) is 6.10 Å². The minimum Gasteiger partial charge on any atom is -0.464 e. The van der Waals surface area contributed by atoms with E-state index in [1.165, 1.54) is 0 Å². The van der Waals surface area contributed by atoms with Crippen LogP contribution in [0.1, 0.15) is 18.5 Å². The summed E-state index contributed by atoms with van der Waals surface area (Å²) in [6.07, 6.45) is 0.445. The van der Waals surface area contributed by atoms with Crippen LogP contribution in [0.4, 0.5) is 0 Å². The molecule has 1 aromatic rings. The first-order valence-corrected chi connectivity index (χ1v) is 5.94. The van der Waals surface area contributed by atoms with Gasteiger partial charge in [0.1, 0.15) is 0 Å². The Kier molecular flexibility index (Phi) is 6.11. The summed E-state index contributed by atoms with van der Waals surface area (Å²) in [5.74, 6) is -0.622. The third-order valence-corrected chi connectivity index (χ3v) is 2.48. The van der Waals surface area contributed by atoms with Crippen LogP contribution in [-0.2, 0) is 9.53 Å². The molecule has 0 heterocycles. The van der Waals surface area contributed by atoms with Crippen molar-refractivity contribution in [2.75, 3.05) is 13.2 Å². The third kappa shape index (κ3) is 3.98. The quantitative estimate of drug-likeness (QED) is 0.567. The van der Waals surface area contributed by atoms with Crippen molar-refractivity contribution in [2.24, 2.45) is 0 Å². The second kappa shape index (κ2) is 7.63. The zero-order chi connectivity index (χ0) is 13.4. The molecule has 0 bridgehead atoms. The first-order chi connectivity index (χ1) is 8.70. The van der Waals surface area contributed by atoms with Crippen molar-refractivity contribution in [2.45, 2.75) is 19.1 Å². The van der Waals surface area contributed by atoms with Gasteiger partial charge in [-0.3, -0.25) is 0 Å². The second-order valence-corrected chi connectivity index (χ2v) is 3.78. The van der Waals surface area contributed by atoms with Crippen molar-refractivity contribution in [3.63, 3.8) is 0 Å². The van der Waals surface area contributed by atoms with E-state index in [1.54, 1.807) is 13.0 Å². The molecule has 2 atom stereocenters. The van der Waals surface area contributed by atoms with Crippen LogP contribution in [0.15, 0.2) is 43.0 Å². The highest BCUT2D eigenvalue weighted by molar-refractivity contribution is 5.75. The molecule has 0 amide bonds. The maximum atomic E-state index is 11.6. The molecule has 4 heteroatoms. The number of nitrogens with one attached hydrogen (secondary N) is 1. The van der Waals surface area contributed by atoms with Crippen molar-refractivity contribution >= 4 is 5.97 Å². The van der Waals surface area contributed by atoms with Crippen molar-refractivity contribution in [3.8, 4) is 0 Å². The van der Waals surface area contributed by atoms with Crippen LogP contribution in [-0.4, -0.2) is 30.3 Å². The lowest BCUT2D eigenvalue weighted by atomic mass is 10.0. The lowest BCUT2D eigenvalue weighted by Gasteiger charge is -2.22. The van der Waals surface area contributed by atoms with E-state index in [4.69, 9.17) is 4.74 Å². The molecule has 0 aliphatic carbocycles. The first kappa shape index (κ1) is 14.4. The van der Waals surface area contributed by atoms with Gasteiger partial charge in [-0.1, -0.05) is 36.4 Å². The van der Waals surface area contributed by atoms with Crippen LogP contribution < -0.4 is 5.32 Å². The van der Waals surface area contributed by atoms with Crippen LogP contribution in [0.5, 0.6) is 0 Å². The zero-order valence-corrected chi connectivity index (χ0v) is 10.5. The largest absolute Gasteiger partial charge is 0.464 e. The van der Waals surface area contributed by atoms with Crippen LogP contribution >= 0.6 is 0 Å². The van der Waals surface area contributed by atoms with Gasteiger partial charge in [-0.15, -0.1) is 6.58 Å². The van der Waals surface area contributed by atoms with Gasteiger partial charge >= 0.3 is 5.97 Å². The second-order valence-electron chi connectivity index (χ2n) is 3.78. The number of hydrogen-bond donors (Lipinski definition) is 2. The maximum Gasteiger partial charge on any atom is 0.336 e. The molecule has 0 aliphatic rings. The van der Waals surface area contributed by atoms with E-state index in [-0.39, 0.29) is 6.61 Å². The number of rotatable bonds is 7. The molecule has 18 heavy (non-hydrogen) atoms. The van der Waals surface area contributed by atoms with Crippen LogP contribution in [0.25, 0.3) is 0 Å². The Hall–Kier alpha value is -1.65. The summed E-state index contributed by atoms with van der Waals surface area (Å²) in [6.45, 7) is 6.06. The minimum atomic E-state index is -1.23. The normalized spacial score (nSPS) is 13.7. The first-order valence-electron chi connectivity index (χ1n) is 5.94. The number of carbonyl (C=O) groups is 1. The summed E-state index contributed by atoms with van der Waals surface area (Å²) >= 11 is 0. The standard InChI is InChI=1S/C14H19NO3/c1-3-10-15-12(11-8-6-5-7-9-11)13(16)14(17)18-4-2/h3,5-9,12-13,15-16H,1,4,10H2,2H3. The molecule has 0 radical (unpaired) electrons. The van der Waals surface area contributed by atoms with Gasteiger partial charge in [-0.2, -0.15) is 0 Å². The highest BCUT2D eigenvalue weighted by Crippen LogP contribution is 2.17. The molecule has 2 unspecified atom stereocenters. The molecule has 0 saturated heterocycles. The average Bonchev–Trinajstić information content (AvgIpc) is 2.40. The van der Waals surface area contributed by atoms with Crippen molar-refractivity contribution in [1.82, 2.24) is 5.32 Å². The summed E-state index contributed by atoms with van der Waals surface area (Å²) < 4.78 is 4.83. The van der Waals surface area contributed by atoms with Gasteiger partial charge in [0.25, 0.3) is 0 Å². The Labute approximate surface area is 107 Å². The summed E-state index contributed by atoms with van der Waals surface area (Å²) in [6, 6.07) is 8.80. The number of esters is 1. The molecular formula is C14H19NO3. The minimum absolute atomic E-state index is 0.249. The van der Waals surface area contributed by atoms with E-state index in [2.05, 4.69) is 11.9 Å². The summed E-state index contributed by atoms with van der Waals surface area (Å²) in [4.78, 5) is 11.6. The number of hydrogen-bond acceptors (Lipinski definition) is 4. The van der Waals surface area contributed by atoms with E-state index < -0.39 is 18.1 Å². The van der Waals surface area contributed by atoms with E-state index >= 15 is 0 Å². The monoisotopic (exact) mass is 249 g/mol. The molecule has 0 fully saturated rings. The van der Waals surface area contributed by atoms with Crippen molar-refractivity contribution < 1.29 is 14.6 Å². The van der Waals surface area contributed by atoms with E-state index in [9.17, 15) is 9.90 Å². The molecule has 1 rings (SSSR count). The van der Waals surface area contributed by atoms with E-state index in [1.807, 2.05) is 30.3 Å². The Balaban J connectivity index is 2.84. The van der Waals surface area contributed by atoms with Gasteiger partial charge in [0.2, 0.25) is 0 Å².